The molecule has 0 aromatic carbocycles. The molecule has 6 fully saturated rings. The Hall–Kier alpha value is 0.480. The molecule has 3 atom stereocenters. The lowest BCUT2D eigenvalue weighted by molar-refractivity contribution is 0.202. The minimum Gasteiger partial charge on any atom is -0.302 e. The van der Waals surface area contributed by atoms with Crippen LogP contribution in [0.25, 0.3) is 0 Å². The minimum atomic E-state index is -2.06. The highest BCUT2D eigenvalue weighted by molar-refractivity contribution is 7.93. The van der Waals surface area contributed by atoms with Crippen LogP contribution < -0.4 is 0 Å². The number of hydrogen-bond donors (Lipinski definition) is 0. The van der Waals surface area contributed by atoms with E-state index in [0.717, 1.165) is 0 Å². The van der Waals surface area contributed by atoms with Crippen molar-refractivity contribution in [3.8, 4) is 0 Å². The summed E-state index contributed by atoms with van der Waals surface area (Å²) in [5, 5.41) is 0. The van der Waals surface area contributed by atoms with Gasteiger partial charge in [0.05, 0.1) is 18.1 Å². The molecule has 0 aromatic heterocycles. The van der Waals surface area contributed by atoms with Gasteiger partial charge in [-0.1, -0.05) is 0 Å². The maximum absolute atomic E-state index is 8.33. The second-order valence-corrected chi connectivity index (χ2v) is 16.3. The van der Waals surface area contributed by atoms with E-state index in [1.165, 1.54) is 156 Å². The van der Waals surface area contributed by atoms with Crippen molar-refractivity contribution in [1.29, 1.82) is 0 Å². The molecule has 8 heteroatoms. The second kappa shape index (κ2) is 11.7. The standard InChI is InChI=1S/C27H51ClN6P/c28-35(32-19-7-10-25(32)22-29-13-1-2-14-29,33-20-8-11-26(33)23-30-15-3-4-16-30)34-21-9-12-27(34)24-31-17-5-6-18-31/h25-27H,1-24H2/q+1/t25-,26-,27-/m0/s1. The Morgan fingerprint density at radius 1 is 0.429 bits per heavy atom. The van der Waals surface area contributed by atoms with Crippen molar-refractivity contribution < 1.29 is 0 Å². The Morgan fingerprint density at radius 2 is 0.714 bits per heavy atom. The van der Waals surface area contributed by atoms with E-state index < -0.39 is 7.07 Å². The highest BCUT2D eigenvalue weighted by Crippen LogP contribution is 2.76. The average Bonchev–Trinajstić information content (AvgIpc) is 3.70. The van der Waals surface area contributed by atoms with Gasteiger partial charge >= 0.3 is 7.07 Å². The summed E-state index contributed by atoms with van der Waals surface area (Å²) < 4.78 is 8.78. The van der Waals surface area contributed by atoms with E-state index in [9.17, 15) is 0 Å². The Balaban J connectivity index is 1.27. The lowest BCUT2D eigenvalue weighted by Crippen LogP contribution is -2.52. The van der Waals surface area contributed by atoms with Crippen LogP contribution in [-0.2, 0) is 0 Å². The maximum Gasteiger partial charge on any atom is 0.332 e. The molecule has 200 valence electrons. The molecule has 6 saturated heterocycles. The summed E-state index contributed by atoms with van der Waals surface area (Å²) in [5.74, 6) is 0. The Kier molecular flexibility index (Phi) is 8.60. The van der Waals surface area contributed by atoms with Gasteiger partial charge in [-0.05, 0) is 116 Å². The van der Waals surface area contributed by atoms with Crippen molar-refractivity contribution in [3.05, 3.63) is 0 Å². The van der Waals surface area contributed by atoms with Gasteiger partial charge in [0.25, 0.3) is 0 Å². The molecular formula is C27H51ClN6P+. The third-order valence-corrected chi connectivity index (χ3v) is 15.3. The van der Waals surface area contributed by atoms with Crippen LogP contribution >= 0.6 is 18.3 Å². The molecule has 6 rings (SSSR count). The summed E-state index contributed by atoms with van der Waals surface area (Å²) in [6.07, 6.45) is 16.4. The van der Waals surface area contributed by atoms with Crippen LogP contribution in [0.4, 0.5) is 0 Å². The molecule has 0 spiro atoms. The van der Waals surface area contributed by atoms with Gasteiger partial charge in [-0.15, -0.1) is 14.0 Å². The normalized spacial score (nSPS) is 35.4. The second-order valence-electron chi connectivity index (χ2n) is 12.4. The van der Waals surface area contributed by atoms with E-state index in [-0.39, 0.29) is 0 Å². The average molecular weight is 526 g/mol. The van der Waals surface area contributed by atoms with Crippen molar-refractivity contribution in [2.24, 2.45) is 0 Å². The SMILES string of the molecule is Cl[P+](N1CCC[C@H]1CN1CCCC1)(N1CCC[C@H]1CN1CCCC1)N1CCC[C@H]1CN1CCCC1. The molecule has 0 radical (unpaired) electrons. The largest absolute Gasteiger partial charge is 0.332 e. The van der Waals surface area contributed by atoms with Gasteiger partial charge in [-0.2, -0.15) is 0 Å². The van der Waals surface area contributed by atoms with Gasteiger partial charge in [-0.25, -0.2) is 0 Å². The van der Waals surface area contributed by atoms with E-state index >= 15 is 0 Å². The summed E-state index contributed by atoms with van der Waals surface area (Å²) in [6, 6.07) is 1.96. The Labute approximate surface area is 220 Å². The first-order chi connectivity index (χ1) is 17.2. The van der Waals surface area contributed by atoms with Gasteiger partial charge < -0.3 is 14.7 Å². The van der Waals surface area contributed by atoms with Crippen LogP contribution in [0, 0.1) is 0 Å². The monoisotopic (exact) mass is 525 g/mol. The summed E-state index contributed by atoms with van der Waals surface area (Å²) in [7, 11) is -2.06. The number of likely N-dealkylation sites (tertiary alicyclic amines) is 3. The van der Waals surface area contributed by atoms with Crippen molar-refractivity contribution in [2.75, 3.05) is 78.5 Å². The molecule has 0 amide bonds. The predicted octanol–water partition coefficient (Wildman–Crippen LogP) is 4.58. The molecule has 6 aliphatic rings. The first-order valence-corrected chi connectivity index (χ1v) is 17.8. The van der Waals surface area contributed by atoms with Gasteiger partial charge in [0.15, 0.2) is 11.2 Å². The summed E-state index contributed by atoms with van der Waals surface area (Å²) in [6.45, 7) is 15.3. The number of hydrogen-bond acceptors (Lipinski definition) is 6. The van der Waals surface area contributed by atoms with Crippen LogP contribution in [0.2, 0.25) is 0 Å². The fourth-order valence-electron chi connectivity index (χ4n) is 8.26. The predicted molar refractivity (Wildman–Crippen MR) is 149 cm³/mol. The summed E-state index contributed by atoms with van der Waals surface area (Å²) in [5.41, 5.74) is 0. The van der Waals surface area contributed by atoms with Gasteiger partial charge in [0.2, 0.25) is 0 Å². The van der Waals surface area contributed by atoms with Crippen LogP contribution in [0.5, 0.6) is 0 Å². The molecule has 6 aliphatic heterocycles. The molecule has 0 N–H and O–H groups in total. The Morgan fingerprint density at radius 3 is 1.00 bits per heavy atom. The fourth-order valence-corrected chi connectivity index (χ4v) is 13.9. The van der Waals surface area contributed by atoms with Crippen molar-refractivity contribution >= 4 is 18.3 Å². The fraction of sp³-hybridized carbons (Fsp3) is 1.00. The van der Waals surface area contributed by atoms with E-state index in [4.69, 9.17) is 11.2 Å². The molecule has 0 saturated carbocycles. The minimum absolute atomic E-state index is 0.653. The third-order valence-electron chi connectivity index (χ3n) is 10.0. The lowest BCUT2D eigenvalue weighted by atomic mass is 10.2. The van der Waals surface area contributed by atoms with Crippen LogP contribution in [-0.4, -0.2) is 125 Å². The van der Waals surface area contributed by atoms with Crippen LogP contribution in [0.3, 0.4) is 0 Å². The molecule has 0 unspecified atom stereocenters. The molecule has 0 bridgehead atoms. The van der Waals surface area contributed by atoms with E-state index in [1.54, 1.807) is 0 Å². The number of rotatable bonds is 9. The van der Waals surface area contributed by atoms with Crippen molar-refractivity contribution in [2.45, 2.75) is 95.2 Å². The summed E-state index contributed by atoms with van der Waals surface area (Å²) >= 11 is 8.33. The zero-order valence-electron chi connectivity index (χ0n) is 22.2. The van der Waals surface area contributed by atoms with Gasteiger partial charge in [-0.3, -0.25) is 0 Å². The molecule has 6 heterocycles. The first kappa shape index (κ1) is 25.7. The van der Waals surface area contributed by atoms with E-state index in [0.29, 0.717) is 18.1 Å². The molecule has 0 aromatic rings. The lowest BCUT2D eigenvalue weighted by Gasteiger charge is -2.45. The molecular weight excluding hydrogens is 475 g/mol. The maximum atomic E-state index is 8.33. The van der Waals surface area contributed by atoms with Gasteiger partial charge in [0, 0.05) is 39.3 Å². The third kappa shape index (κ3) is 5.48. The number of halogens is 1. The van der Waals surface area contributed by atoms with E-state index in [2.05, 4.69) is 28.7 Å². The van der Waals surface area contributed by atoms with Gasteiger partial charge in [0.1, 0.15) is 0 Å². The highest BCUT2D eigenvalue weighted by atomic mass is 35.7. The molecule has 6 nitrogen and oxygen atoms in total. The zero-order valence-corrected chi connectivity index (χ0v) is 23.9. The van der Waals surface area contributed by atoms with Crippen molar-refractivity contribution in [1.82, 2.24) is 28.7 Å². The Bertz CT molecular complexity index is 592. The van der Waals surface area contributed by atoms with E-state index in [1.807, 2.05) is 0 Å². The highest BCUT2D eigenvalue weighted by Gasteiger charge is 2.64. The molecule has 35 heavy (non-hydrogen) atoms. The topological polar surface area (TPSA) is 19.4 Å². The number of nitrogens with zero attached hydrogens (tertiary/aromatic N) is 6. The van der Waals surface area contributed by atoms with Crippen molar-refractivity contribution in [3.63, 3.8) is 0 Å². The summed E-state index contributed by atoms with van der Waals surface area (Å²) in [4.78, 5) is 8.25. The molecule has 0 aliphatic carbocycles. The first-order valence-electron chi connectivity index (χ1n) is 15.3. The zero-order chi connectivity index (χ0) is 23.7. The van der Waals surface area contributed by atoms with Crippen LogP contribution in [0.1, 0.15) is 77.0 Å². The van der Waals surface area contributed by atoms with Crippen LogP contribution in [0.15, 0.2) is 0 Å². The smallest absolute Gasteiger partial charge is 0.302 e. The quantitative estimate of drug-likeness (QED) is 0.407.